The van der Waals surface area contributed by atoms with Crippen molar-refractivity contribution in [3.63, 3.8) is 0 Å². The van der Waals surface area contributed by atoms with Gasteiger partial charge in [0.05, 0.1) is 20.4 Å². The third kappa shape index (κ3) is 5.57. The molecule has 32 heavy (non-hydrogen) atoms. The Morgan fingerprint density at radius 1 is 0.938 bits per heavy atom. The summed E-state index contributed by atoms with van der Waals surface area (Å²) < 4.78 is 40.6. The number of amides is 1. The number of benzene rings is 3. The molecule has 166 valence electrons. The van der Waals surface area contributed by atoms with Gasteiger partial charge in [0.1, 0.15) is 4.90 Å². The molecule has 0 saturated heterocycles. The monoisotopic (exact) mass is 474 g/mol. The minimum absolute atomic E-state index is 0.000375. The van der Waals surface area contributed by atoms with Crippen LogP contribution < -0.4 is 19.1 Å². The minimum atomic E-state index is -4.07. The standard InChI is InChI=1S/C22H19ClN2O6S/c1-29-20-10-8-15(13-21(20)30-2)22(26)25-24-14-16-12-17(23)9-11-19(16)31-32(27,28)18-6-4-3-5-7-18/h3-14H,1-2H3,(H,25,26)/b24-14+. The summed E-state index contributed by atoms with van der Waals surface area (Å²) in [4.78, 5) is 12.4. The van der Waals surface area contributed by atoms with Crippen molar-refractivity contribution in [3.05, 3.63) is 82.9 Å². The lowest BCUT2D eigenvalue weighted by atomic mass is 10.2. The van der Waals surface area contributed by atoms with Gasteiger partial charge in [-0.1, -0.05) is 29.8 Å². The van der Waals surface area contributed by atoms with Gasteiger partial charge in [-0.25, -0.2) is 5.43 Å². The highest BCUT2D eigenvalue weighted by Gasteiger charge is 2.18. The molecule has 1 N–H and O–H groups in total. The molecular formula is C22H19ClN2O6S. The molecule has 0 aliphatic heterocycles. The number of ether oxygens (including phenoxy) is 2. The van der Waals surface area contributed by atoms with Crippen LogP contribution in [-0.2, 0) is 10.1 Å². The third-order valence-corrected chi connectivity index (χ3v) is 5.70. The smallest absolute Gasteiger partial charge is 0.339 e. The van der Waals surface area contributed by atoms with Gasteiger partial charge in [-0.05, 0) is 48.5 Å². The van der Waals surface area contributed by atoms with E-state index in [2.05, 4.69) is 10.5 Å². The Labute approximate surface area is 190 Å². The second-order valence-electron chi connectivity index (χ2n) is 6.30. The summed E-state index contributed by atoms with van der Waals surface area (Å²) in [5.41, 5.74) is 2.90. The SMILES string of the molecule is COc1ccc(C(=O)N/N=C/c2cc(Cl)ccc2OS(=O)(=O)c2ccccc2)cc1OC. The number of rotatable bonds is 8. The molecule has 0 atom stereocenters. The van der Waals surface area contributed by atoms with Crippen LogP contribution in [0.15, 0.2) is 76.7 Å². The van der Waals surface area contributed by atoms with Crippen LogP contribution in [0, 0.1) is 0 Å². The zero-order valence-electron chi connectivity index (χ0n) is 17.1. The van der Waals surface area contributed by atoms with E-state index in [0.717, 1.165) is 0 Å². The molecule has 3 aromatic carbocycles. The van der Waals surface area contributed by atoms with Gasteiger partial charge in [0, 0.05) is 16.1 Å². The van der Waals surface area contributed by atoms with E-state index in [-0.39, 0.29) is 21.8 Å². The van der Waals surface area contributed by atoms with Crippen LogP contribution in [0.25, 0.3) is 0 Å². The summed E-state index contributed by atoms with van der Waals surface area (Å²) in [6.07, 6.45) is 1.24. The van der Waals surface area contributed by atoms with Crippen molar-refractivity contribution in [1.82, 2.24) is 5.43 Å². The minimum Gasteiger partial charge on any atom is -0.493 e. The van der Waals surface area contributed by atoms with Crippen molar-refractivity contribution in [2.24, 2.45) is 5.10 Å². The van der Waals surface area contributed by atoms with E-state index in [4.69, 9.17) is 25.3 Å². The van der Waals surface area contributed by atoms with Crippen LogP contribution in [-0.4, -0.2) is 34.8 Å². The first-order valence-electron chi connectivity index (χ1n) is 9.18. The van der Waals surface area contributed by atoms with Gasteiger partial charge in [0.25, 0.3) is 5.91 Å². The molecule has 0 radical (unpaired) electrons. The lowest BCUT2D eigenvalue weighted by molar-refractivity contribution is 0.0954. The molecular weight excluding hydrogens is 456 g/mol. The van der Waals surface area contributed by atoms with Crippen molar-refractivity contribution in [2.75, 3.05) is 14.2 Å². The zero-order valence-corrected chi connectivity index (χ0v) is 18.7. The molecule has 0 fully saturated rings. The summed E-state index contributed by atoms with van der Waals surface area (Å²) >= 11 is 6.02. The average Bonchev–Trinajstić information content (AvgIpc) is 2.80. The molecule has 0 bridgehead atoms. The number of hydrogen-bond acceptors (Lipinski definition) is 7. The van der Waals surface area contributed by atoms with Crippen molar-refractivity contribution < 1.29 is 26.9 Å². The first-order chi connectivity index (χ1) is 15.3. The molecule has 0 spiro atoms. The van der Waals surface area contributed by atoms with Crippen molar-refractivity contribution in [3.8, 4) is 17.2 Å². The highest BCUT2D eigenvalue weighted by Crippen LogP contribution is 2.28. The van der Waals surface area contributed by atoms with Gasteiger partial charge in [-0.2, -0.15) is 13.5 Å². The van der Waals surface area contributed by atoms with E-state index in [9.17, 15) is 13.2 Å². The van der Waals surface area contributed by atoms with E-state index < -0.39 is 16.0 Å². The highest BCUT2D eigenvalue weighted by molar-refractivity contribution is 7.87. The molecule has 0 aromatic heterocycles. The summed E-state index contributed by atoms with van der Waals surface area (Å²) in [6.45, 7) is 0. The Hall–Kier alpha value is -3.56. The topological polar surface area (TPSA) is 103 Å². The second kappa shape index (κ2) is 10.2. The largest absolute Gasteiger partial charge is 0.493 e. The van der Waals surface area contributed by atoms with Crippen molar-refractivity contribution in [1.29, 1.82) is 0 Å². The number of nitrogens with one attached hydrogen (secondary N) is 1. The van der Waals surface area contributed by atoms with Gasteiger partial charge in [0.15, 0.2) is 17.2 Å². The second-order valence-corrected chi connectivity index (χ2v) is 8.28. The van der Waals surface area contributed by atoms with E-state index >= 15 is 0 Å². The number of carbonyl (C=O) groups excluding carboxylic acids is 1. The molecule has 0 saturated carbocycles. The quantitative estimate of drug-likeness (QED) is 0.302. The fraction of sp³-hybridized carbons (Fsp3) is 0.0909. The number of nitrogens with zero attached hydrogens (tertiary/aromatic N) is 1. The molecule has 1 amide bonds. The highest BCUT2D eigenvalue weighted by atomic mass is 35.5. The maximum Gasteiger partial charge on any atom is 0.339 e. The molecule has 0 unspecified atom stereocenters. The van der Waals surface area contributed by atoms with Gasteiger partial charge in [0.2, 0.25) is 0 Å². The fourth-order valence-corrected chi connectivity index (χ4v) is 3.81. The molecule has 0 aliphatic rings. The van der Waals surface area contributed by atoms with Crippen LogP contribution in [0.3, 0.4) is 0 Å². The van der Waals surface area contributed by atoms with Crippen molar-refractivity contribution >= 4 is 33.8 Å². The molecule has 0 heterocycles. The van der Waals surface area contributed by atoms with Gasteiger partial charge >= 0.3 is 10.1 Å². The van der Waals surface area contributed by atoms with Gasteiger partial charge in [-0.15, -0.1) is 0 Å². The van der Waals surface area contributed by atoms with E-state index in [1.165, 1.54) is 56.8 Å². The van der Waals surface area contributed by atoms with Crippen molar-refractivity contribution in [2.45, 2.75) is 4.90 Å². The first-order valence-corrected chi connectivity index (χ1v) is 11.0. The Kier molecular flexibility index (Phi) is 7.34. The Morgan fingerprint density at radius 3 is 2.31 bits per heavy atom. The van der Waals surface area contributed by atoms with Crippen LogP contribution >= 0.6 is 11.6 Å². The number of carbonyl (C=O) groups is 1. The molecule has 3 aromatic rings. The Morgan fingerprint density at radius 2 is 1.62 bits per heavy atom. The van der Waals surface area contributed by atoms with E-state index in [1.807, 2.05) is 0 Å². The normalized spacial score (nSPS) is 11.2. The maximum absolute atomic E-state index is 12.5. The maximum atomic E-state index is 12.5. The van der Waals surface area contributed by atoms with E-state index in [1.54, 1.807) is 30.3 Å². The first kappa shape index (κ1) is 23.1. The molecule has 8 nitrogen and oxygen atoms in total. The summed E-state index contributed by atoms with van der Waals surface area (Å²) in [6, 6.07) is 16.7. The molecule has 10 heteroatoms. The fourth-order valence-electron chi connectivity index (χ4n) is 2.65. The number of hydrazone groups is 1. The summed E-state index contributed by atoms with van der Waals surface area (Å²) in [7, 11) is -1.11. The Balaban J connectivity index is 1.79. The van der Waals surface area contributed by atoms with E-state index in [0.29, 0.717) is 16.5 Å². The van der Waals surface area contributed by atoms with Crippen LogP contribution in [0.5, 0.6) is 17.2 Å². The summed E-state index contributed by atoms with van der Waals surface area (Å²) in [5.74, 6) is 0.361. The number of halogens is 1. The van der Waals surface area contributed by atoms with Gasteiger partial charge < -0.3 is 13.7 Å². The predicted molar refractivity (Wildman–Crippen MR) is 120 cm³/mol. The Bertz CT molecular complexity index is 1250. The lowest BCUT2D eigenvalue weighted by Crippen LogP contribution is -2.18. The lowest BCUT2D eigenvalue weighted by Gasteiger charge is -2.10. The molecule has 3 rings (SSSR count). The zero-order chi connectivity index (χ0) is 23.1. The van der Waals surface area contributed by atoms with Crippen LogP contribution in [0.4, 0.5) is 0 Å². The summed E-state index contributed by atoms with van der Waals surface area (Å²) in [5, 5.41) is 4.23. The average molecular weight is 475 g/mol. The number of methoxy groups -OCH3 is 2. The number of hydrogen-bond donors (Lipinski definition) is 1. The van der Waals surface area contributed by atoms with Crippen LogP contribution in [0.1, 0.15) is 15.9 Å². The van der Waals surface area contributed by atoms with Crippen LogP contribution in [0.2, 0.25) is 5.02 Å². The third-order valence-electron chi connectivity index (χ3n) is 4.22. The van der Waals surface area contributed by atoms with Gasteiger partial charge in [-0.3, -0.25) is 4.79 Å². The molecule has 0 aliphatic carbocycles. The predicted octanol–water partition coefficient (Wildman–Crippen LogP) is 3.89.